The number of hydrogen-bond donors (Lipinski definition) is 1. The Labute approximate surface area is 231 Å². The van der Waals surface area contributed by atoms with Crippen molar-refractivity contribution in [2.75, 3.05) is 45.6 Å². The summed E-state index contributed by atoms with van der Waals surface area (Å²) in [5, 5.41) is 6.96. The van der Waals surface area contributed by atoms with Crippen molar-refractivity contribution >= 4 is 17.6 Å². The van der Waals surface area contributed by atoms with Gasteiger partial charge in [-0.1, -0.05) is 24.1 Å². The van der Waals surface area contributed by atoms with E-state index in [2.05, 4.69) is 37.0 Å². The molecule has 208 valence electrons. The molecule has 0 aliphatic carbocycles. The molecule has 0 bridgehead atoms. The monoisotopic (exact) mass is 548 g/mol. The Bertz CT molecular complexity index is 1530. The summed E-state index contributed by atoms with van der Waals surface area (Å²) in [5.74, 6) is 6.12. The minimum Gasteiger partial charge on any atom is -0.388 e. The summed E-state index contributed by atoms with van der Waals surface area (Å²) >= 11 is 0. The smallest absolute Gasteiger partial charge is 0.388 e. The Kier molecular flexibility index (Phi) is 9.19. The van der Waals surface area contributed by atoms with Gasteiger partial charge in [-0.2, -0.15) is 18.3 Å². The molecule has 0 radical (unpaired) electrons. The zero-order valence-corrected chi connectivity index (χ0v) is 22.7. The molecule has 1 aliphatic heterocycles. The quantitative estimate of drug-likeness (QED) is 0.294. The topological polar surface area (TPSA) is 65.8 Å². The van der Waals surface area contributed by atoms with E-state index in [4.69, 9.17) is 0 Å². The number of carbonyl (C=O) groups is 1. The van der Waals surface area contributed by atoms with Gasteiger partial charge in [-0.05, 0) is 61.4 Å². The Balaban J connectivity index is 0.000000185. The van der Waals surface area contributed by atoms with Crippen LogP contribution in [0.2, 0.25) is 0 Å². The van der Waals surface area contributed by atoms with E-state index in [1.54, 1.807) is 48.2 Å². The maximum absolute atomic E-state index is 13.1. The predicted octanol–water partition coefficient (Wildman–Crippen LogP) is 4.74. The number of likely N-dealkylation sites (N-methyl/N-ethyl adjacent to an activating group) is 1. The highest BCUT2D eigenvalue weighted by Gasteiger charge is 2.34. The number of hydrogen-bond acceptors (Lipinski definition) is 6. The third kappa shape index (κ3) is 7.25. The zero-order chi connectivity index (χ0) is 28.7. The van der Waals surface area contributed by atoms with Gasteiger partial charge >= 0.3 is 6.18 Å². The van der Waals surface area contributed by atoms with E-state index in [0.717, 1.165) is 54.9 Å². The average molecular weight is 549 g/mol. The van der Waals surface area contributed by atoms with Crippen LogP contribution in [0.25, 0.3) is 5.65 Å². The molecule has 0 atom stereocenters. The number of nitrogens with one attached hydrogen (secondary N) is 1. The number of halogens is 3. The first-order valence-electron chi connectivity index (χ1n) is 12.8. The second-order valence-electron chi connectivity index (χ2n) is 9.58. The van der Waals surface area contributed by atoms with Gasteiger partial charge in [0.25, 0.3) is 0 Å². The molecule has 0 amide bonds. The minimum absolute atomic E-state index is 0.348. The number of aryl methyl sites for hydroxylation is 1. The number of piperazine rings is 1. The van der Waals surface area contributed by atoms with E-state index in [1.807, 2.05) is 32.2 Å². The lowest BCUT2D eigenvalue weighted by atomic mass is 10.0. The second-order valence-corrected chi connectivity index (χ2v) is 9.58. The number of imidazole rings is 1. The molecular formula is C30H31F3N6O. The number of carbonyl (C=O) groups excluding carboxylic acids is 1. The molecule has 1 aliphatic rings. The van der Waals surface area contributed by atoms with Gasteiger partial charge in [-0.25, -0.2) is 9.50 Å². The molecular weight excluding hydrogens is 517 g/mol. The number of aromatic nitrogens is 3. The maximum atomic E-state index is 13.1. The summed E-state index contributed by atoms with van der Waals surface area (Å²) < 4.78 is 41.1. The van der Waals surface area contributed by atoms with Crippen LogP contribution in [0.5, 0.6) is 0 Å². The second kappa shape index (κ2) is 12.8. The van der Waals surface area contributed by atoms with E-state index < -0.39 is 11.7 Å². The zero-order valence-electron chi connectivity index (χ0n) is 22.7. The van der Waals surface area contributed by atoms with Crippen molar-refractivity contribution in [3.05, 3.63) is 94.4 Å². The van der Waals surface area contributed by atoms with E-state index in [1.165, 1.54) is 6.07 Å². The first kappa shape index (κ1) is 28.8. The van der Waals surface area contributed by atoms with Crippen LogP contribution < -0.4 is 5.32 Å². The third-order valence-corrected chi connectivity index (χ3v) is 6.69. The van der Waals surface area contributed by atoms with Crippen LogP contribution >= 0.6 is 0 Å². The van der Waals surface area contributed by atoms with Crippen LogP contribution in [0, 0.1) is 18.8 Å². The maximum Gasteiger partial charge on any atom is 0.416 e. The Hall–Kier alpha value is -4.20. The van der Waals surface area contributed by atoms with Crippen LogP contribution in [0.4, 0.5) is 18.9 Å². The van der Waals surface area contributed by atoms with Gasteiger partial charge in [-0.3, -0.25) is 9.69 Å². The van der Waals surface area contributed by atoms with Crippen LogP contribution in [0.3, 0.4) is 0 Å². The van der Waals surface area contributed by atoms with Crippen molar-refractivity contribution in [1.29, 1.82) is 0 Å². The molecule has 4 aromatic rings. The van der Waals surface area contributed by atoms with Crippen molar-refractivity contribution in [3.63, 3.8) is 0 Å². The molecule has 10 heteroatoms. The molecule has 1 N–H and O–H groups in total. The van der Waals surface area contributed by atoms with Crippen molar-refractivity contribution in [1.82, 2.24) is 24.4 Å². The van der Waals surface area contributed by atoms with Crippen molar-refractivity contribution in [3.8, 4) is 11.8 Å². The molecule has 2 aromatic heterocycles. The number of aldehydes is 1. The third-order valence-electron chi connectivity index (χ3n) is 6.69. The molecule has 0 spiro atoms. The molecule has 2 aromatic carbocycles. The van der Waals surface area contributed by atoms with Crippen LogP contribution in [-0.2, 0) is 12.7 Å². The summed E-state index contributed by atoms with van der Waals surface area (Å²) in [7, 11) is 3.65. The predicted molar refractivity (Wildman–Crippen MR) is 149 cm³/mol. The van der Waals surface area contributed by atoms with Gasteiger partial charge < -0.3 is 10.2 Å². The highest BCUT2D eigenvalue weighted by atomic mass is 19.4. The number of benzene rings is 2. The summed E-state index contributed by atoms with van der Waals surface area (Å²) in [6.07, 6.45) is -0.110. The lowest BCUT2D eigenvalue weighted by molar-refractivity contribution is -0.138. The van der Waals surface area contributed by atoms with Crippen LogP contribution in [0.15, 0.2) is 60.9 Å². The summed E-state index contributed by atoms with van der Waals surface area (Å²) in [5.41, 5.74) is 4.26. The number of alkyl halides is 3. The number of fused-ring (bicyclic) bond motifs is 1. The molecule has 0 saturated carbocycles. The van der Waals surface area contributed by atoms with Crippen molar-refractivity contribution < 1.29 is 18.0 Å². The molecule has 3 heterocycles. The Morgan fingerprint density at radius 3 is 2.52 bits per heavy atom. The fourth-order valence-electron chi connectivity index (χ4n) is 4.27. The van der Waals surface area contributed by atoms with E-state index in [0.29, 0.717) is 23.4 Å². The van der Waals surface area contributed by atoms with Crippen molar-refractivity contribution in [2.24, 2.45) is 0 Å². The van der Waals surface area contributed by atoms with Gasteiger partial charge in [0.05, 0.1) is 11.8 Å². The fraction of sp³-hybridized carbons (Fsp3) is 0.300. The normalized spacial score (nSPS) is 14.2. The Morgan fingerprint density at radius 1 is 1.05 bits per heavy atom. The van der Waals surface area contributed by atoms with E-state index in [9.17, 15) is 18.0 Å². The molecule has 0 unspecified atom stereocenters. The summed E-state index contributed by atoms with van der Waals surface area (Å²) in [4.78, 5) is 19.3. The van der Waals surface area contributed by atoms with Gasteiger partial charge in [0.1, 0.15) is 12.0 Å². The summed E-state index contributed by atoms with van der Waals surface area (Å²) in [6, 6.07) is 13.6. The van der Waals surface area contributed by atoms with Gasteiger partial charge in [-0.15, -0.1) is 0 Å². The molecule has 1 fully saturated rings. The SMILES string of the molecule is CNc1ccc(CN2CCN(C)CC2)c(C(F)(F)F)c1.Cc1ccc(C=O)cc1C#Cc1cnc2cccnn12. The van der Waals surface area contributed by atoms with Crippen LogP contribution in [0.1, 0.15) is 38.3 Å². The Morgan fingerprint density at radius 2 is 1.82 bits per heavy atom. The average Bonchev–Trinajstić information content (AvgIpc) is 3.37. The first-order chi connectivity index (χ1) is 19.2. The first-order valence-corrected chi connectivity index (χ1v) is 12.8. The number of anilines is 1. The summed E-state index contributed by atoms with van der Waals surface area (Å²) in [6.45, 7) is 5.73. The lowest BCUT2D eigenvalue weighted by Crippen LogP contribution is -2.44. The fourth-order valence-corrected chi connectivity index (χ4v) is 4.27. The minimum atomic E-state index is -4.31. The van der Waals surface area contributed by atoms with E-state index >= 15 is 0 Å². The number of nitrogens with zero attached hydrogens (tertiary/aromatic N) is 5. The lowest BCUT2D eigenvalue weighted by Gasteiger charge is -2.33. The van der Waals surface area contributed by atoms with E-state index in [-0.39, 0.29) is 0 Å². The standard InChI is InChI=1S/C16H11N3O.C14H20F3N3/c1-12-4-5-13(11-20)9-14(12)6-7-15-10-17-16-3-2-8-18-19(15)16;1-18-12-4-3-11(13(9-12)14(15,16)17)10-20-7-5-19(2)6-8-20/h2-5,8-11H,1H3;3-4,9,18H,5-8,10H2,1-2H3. The highest BCUT2D eigenvalue weighted by Crippen LogP contribution is 2.34. The molecule has 40 heavy (non-hydrogen) atoms. The van der Waals surface area contributed by atoms with Crippen LogP contribution in [-0.4, -0.2) is 71.0 Å². The van der Waals surface area contributed by atoms with Gasteiger partial charge in [0.2, 0.25) is 0 Å². The molecule has 5 rings (SSSR count). The number of rotatable bonds is 4. The highest BCUT2D eigenvalue weighted by molar-refractivity contribution is 5.76. The largest absolute Gasteiger partial charge is 0.416 e. The van der Waals surface area contributed by atoms with Crippen molar-refractivity contribution in [2.45, 2.75) is 19.6 Å². The molecule has 1 saturated heterocycles. The molecule has 7 nitrogen and oxygen atoms in total. The van der Waals surface area contributed by atoms with Gasteiger partial charge in [0, 0.05) is 62.8 Å². The van der Waals surface area contributed by atoms with Gasteiger partial charge in [0.15, 0.2) is 5.65 Å².